The van der Waals surface area contributed by atoms with Gasteiger partial charge < -0.3 is 5.11 Å². The molecule has 3 nitrogen and oxygen atoms in total. The van der Waals surface area contributed by atoms with Crippen molar-refractivity contribution < 1.29 is 23.1 Å². The number of carboxylic acids is 1. The minimum Gasteiger partial charge on any atom is -0.480 e. The van der Waals surface area contributed by atoms with Gasteiger partial charge in [-0.1, -0.05) is 48.5 Å². The molecular weight excluding hydrogens is 295 g/mol. The SMILES string of the molecule is O=C(O)[C@H](NCc1ccccc1)c1ccccc1C(F)(F)F. The first-order valence-corrected chi connectivity index (χ1v) is 6.56. The third-order valence-corrected chi connectivity index (χ3v) is 3.18. The zero-order valence-electron chi connectivity index (χ0n) is 11.5. The first-order valence-electron chi connectivity index (χ1n) is 6.56. The van der Waals surface area contributed by atoms with Crippen molar-refractivity contribution in [2.45, 2.75) is 18.8 Å². The van der Waals surface area contributed by atoms with Crippen LogP contribution in [0.1, 0.15) is 22.7 Å². The van der Waals surface area contributed by atoms with Gasteiger partial charge in [0.15, 0.2) is 0 Å². The first-order chi connectivity index (χ1) is 10.4. The van der Waals surface area contributed by atoms with Crippen molar-refractivity contribution in [2.24, 2.45) is 0 Å². The van der Waals surface area contributed by atoms with Crippen LogP contribution < -0.4 is 5.32 Å². The predicted octanol–water partition coefficient (Wildman–Crippen LogP) is 3.62. The summed E-state index contributed by atoms with van der Waals surface area (Å²) in [6.45, 7) is 0.157. The molecule has 1 atom stereocenters. The lowest BCUT2D eigenvalue weighted by Gasteiger charge is -2.19. The number of carboxylic acid groups (broad SMARTS) is 1. The molecule has 0 saturated heterocycles. The van der Waals surface area contributed by atoms with E-state index in [2.05, 4.69) is 5.32 Å². The second-order valence-electron chi connectivity index (χ2n) is 4.72. The molecule has 0 amide bonds. The average molecular weight is 309 g/mol. The molecule has 0 heterocycles. The Bertz CT molecular complexity index is 641. The Morgan fingerprint density at radius 2 is 1.64 bits per heavy atom. The lowest BCUT2D eigenvalue weighted by atomic mass is 9.99. The molecule has 0 radical (unpaired) electrons. The van der Waals surface area contributed by atoms with E-state index in [9.17, 15) is 23.1 Å². The number of carbonyl (C=O) groups is 1. The normalized spacial score (nSPS) is 12.9. The quantitative estimate of drug-likeness (QED) is 0.887. The number of benzene rings is 2. The van der Waals surface area contributed by atoms with Gasteiger partial charge in [-0.15, -0.1) is 0 Å². The Balaban J connectivity index is 2.28. The van der Waals surface area contributed by atoms with Crippen molar-refractivity contribution in [1.29, 1.82) is 0 Å². The van der Waals surface area contributed by atoms with Crippen LogP contribution in [0.2, 0.25) is 0 Å². The maximum atomic E-state index is 13.0. The summed E-state index contributed by atoms with van der Waals surface area (Å²) in [5.41, 5.74) is -0.445. The number of aliphatic carboxylic acids is 1. The van der Waals surface area contributed by atoms with Gasteiger partial charge >= 0.3 is 12.1 Å². The topological polar surface area (TPSA) is 49.3 Å². The minimum absolute atomic E-state index is 0.157. The van der Waals surface area contributed by atoms with Gasteiger partial charge in [-0.2, -0.15) is 13.2 Å². The second kappa shape index (κ2) is 6.62. The molecule has 0 spiro atoms. The van der Waals surface area contributed by atoms with E-state index in [4.69, 9.17) is 0 Å². The monoisotopic (exact) mass is 309 g/mol. The predicted molar refractivity (Wildman–Crippen MR) is 75.1 cm³/mol. The van der Waals surface area contributed by atoms with Gasteiger partial charge in [0.25, 0.3) is 0 Å². The standard InChI is InChI=1S/C16H14F3NO2/c17-16(18,19)13-9-5-4-8-12(13)14(15(21)22)20-10-11-6-2-1-3-7-11/h1-9,14,20H,10H2,(H,21,22)/t14-/m1/s1. The molecule has 22 heavy (non-hydrogen) atoms. The number of halogens is 3. The maximum absolute atomic E-state index is 13.0. The van der Waals surface area contributed by atoms with Crippen LogP contribution in [0.15, 0.2) is 54.6 Å². The molecule has 6 heteroatoms. The third-order valence-electron chi connectivity index (χ3n) is 3.18. The smallest absolute Gasteiger partial charge is 0.416 e. The van der Waals surface area contributed by atoms with Crippen LogP contribution in [0.5, 0.6) is 0 Å². The van der Waals surface area contributed by atoms with E-state index in [0.717, 1.165) is 11.6 Å². The molecule has 0 aromatic heterocycles. The van der Waals surface area contributed by atoms with Gasteiger partial charge in [-0.05, 0) is 17.2 Å². The summed E-state index contributed by atoms with van der Waals surface area (Å²) in [6, 6.07) is 12.1. The molecule has 0 aliphatic heterocycles. The molecule has 0 aliphatic carbocycles. The molecule has 2 aromatic rings. The Kier molecular flexibility index (Phi) is 4.82. The van der Waals surface area contributed by atoms with Crippen molar-refractivity contribution in [3.8, 4) is 0 Å². The van der Waals surface area contributed by atoms with Crippen molar-refractivity contribution in [3.05, 3.63) is 71.3 Å². The van der Waals surface area contributed by atoms with Gasteiger partial charge in [0.05, 0.1) is 5.56 Å². The molecular formula is C16H14F3NO2. The van der Waals surface area contributed by atoms with Crippen LogP contribution in [0.25, 0.3) is 0 Å². The molecule has 116 valence electrons. The van der Waals surface area contributed by atoms with Crippen molar-refractivity contribution >= 4 is 5.97 Å². The highest BCUT2D eigenvalue weighted by atomic mass is 19.4. The highest BCUT2D eigenvalue weighted by Crippen LogP contribution is 2.34. The zero-order valence-corrected chi connectivity index (χ0v) is 11.5. The van der Waals surface area contributed by atoms with E-state index in [1.807, 2.05) is 0 Å². The first kappa shape index (κ1) is 16.0. The number of hydrogen-bond acceptors (Lipinski definition) is 2. The average Bonchev–Trinajstić information content (AvgIpc) is 2.47. The van der Waals surface area contributed by atoms with Crippen molar-refractivity contribution in [3.63, 3.8) is 0 Å². The number of rotatable bonds is 5. The Labute approximate surface area is 125 Å². The van der Waals surface area contributed by atoms with E-state index in [-0.39, 0.29) is 12.1 Å². The summed E-state index contributed by atoms with van der Waals surface area (Å²) < 4.78 is 39.0. The second-order valence-corrected chi connectivity index (χ2v) is 4.72. The summed E-state index contributed by atoms with van der Waals surface area (Å²) in [7, 11) is 0. The third kappa shape index (κ3) is 3.85. The van der Waals surface area contributed by atoms with Gasteiger partial charge in [0.2, 0.25) is 0 Å². The van der Waals surface area contributed by atoms with Crippen LogP contribution in [0.4, 0.5) is 13.2 Å². The van der Waals surface area contributed by atoms with Gasteiger partial charge in [0, 0.05) is 6.54 Å². The molecule has 2 N–H and O–H groups in total. The van der Waals surface area contributed by atoms with E-state index in [0.29, 0.717) is 0 Å². The summed E-state index contributed by atoms with van der Waals surface area (Å²) in [5, 5.41) is 11.9. The van der Waals surface area contributed by atoms with E-state index in [1.165, 1.54) is 18.2 Å². The van der Waals surface area contributed by atoms with Gasteiger partial charge in [0.1, 0.15) is 6.04 Å². The maximum Gasteiger partial charge on any atom is 0.416 e. The molecule has 0 saturated carbocycles. The fourth-order valence-corrected chi connectivity index (χ4v) is 2.15. The molecule has 0 bridgehead atoms. The lowest BCUT2D eigenvalue weighted by molar-refractivity contribution is -0.142. The fraction of sp³-hybridized carbons (Fsp3) is 0.188. The van der Waals surface area contributed by atoms with Gasteiger partial charge in [-0.3, -0.25) is 10.1 Å². The molecule has 0 unspecified atom stereocenters. The summed E-state index contributed by atoms with van der Waals surface area (Å²) in [4.78, 5) is 11.4. The summed E-state index contributed by atoms with van der Waals surface area (Å²) >= 11 is 0. The van der Waals surface area contributed by atoms with Crippen LogP contribution in [-0.2, 0) is 17.5 Å². The van der Waals surface area contributed by atoms with E-state index < -0.39 is 23.8 Å². The van der Waals surface area contributed by atoms with Crippen molar-refractivity contribution in [1.82, 2.24) is 5.32 Å². The number of alkyl halides is 3. The van der Waals surface area contributed by atoms with Crippen LogP contribution in [0, 0.1) is 0 Å². The zero-order chi connectivity index (χ0) is 16.2. The Hall–Kier alpha value is -2.34. The highest BCUT2D eigenvalue weighted by molar-refractivity contribution is 5.76. The van der Waals surface area contributed by atoms with Crippen LogP contribution in [-0.4, -0.2) is 11.1 Å². The fourth-order valence-electron chi connectivity index (χ4n) is 2.15. The number of nitrogens with one attached hydrogen (secondary N) is 1. The summed E-state index contributed by atoms with van der Waals surface area (Å²) in [5.74, 6) is -1.35. The van der Waals surface area contributed by atoms with Crippen molar-refractivity contribution in [2.75, 3.05) is 0 Å². The minimum atomic E-state index is -4.60. The number of hydrogen-bond donors (Lipinski definition) is 2. The van der Waals surface area contributed by atoms with E-state index in [1.54, 1.807) is 30.3 Å². The van der Waals surface area contributed by atoms with Gasteiger partial charge in [-0.25, -0.2) is 0 Å². The molecule has 0 aliphatic rings. The highest BCUT2D eigenvalue weighted by Gasteiger charge is 2.36. The molecule has 0 fully saturated rings. The lowest BCUT2D eigenvalue weighted by Crippen LogP contribution is -2.30. The largest absolute Gasteiger partial charge is 0.480 e. The molecule has 2 aromatic carbocycles. The van der Waals surface area contributed by atoms with Crippen LogP contribution in [0.3, 0.4) is 0 Å². The summed E-state index contributed by atoms with van der Waals surface area (Å²) in [6.07, 6.45) is -4.60. The van der Waals surface area contributed by atoms with E-state index >= 15 is 0 Å². The molecule has 2 rings (SSSR count). The Morgan fingerprint density at radius 1 is 1.05 bits per heavy atom. The van der Waals surface area contributed by atoms with Crippen LogP contribution >= 0.6 is 0 Å². The Morgan fingerprint density at radius 3 is 2.23 bits per heavy atom.